The molecule has 0 aromatic rings. The van der Waals surface area contributed by atoms with Gasteiger partial charge in [-0.05, 0) is 32.1 Å². The van der Waals surface area contributed by atoms with E-state index >= 15 is 0 Å². The van der Waals surface area contributed by atoms with E-state index in [2.05, 4.69) is 12.2 Å². The molecule has 3 heteroatoms. The molecule has 1 aliphatic heterocycles. The quantitative estimate of drug-likeness (QED) is 0.775. The van der Waals surface area contributed by atoms with E-state index in [-0.39, 0.29) is 12.1 Å². The monoisotopic (exact) mass is 241 g/mol. The lowest BCUT2D eigenvalue weighted by Crippen LogP contribution is -2.57. The van der Waals surface area contributed by atoms with E-state index in [4.69, 9.17) is 4.74 Å². The molecule has 2 atom stereocenters. The van der Waals surface area contributed by atoms with Gasteiger partial charge in [-0.25, -0.2) is 0 Å². The maximum absolute atomic E-state index is 9.77. The van der Waals surface area contributed by atoms with Gasteiger partial charge in [0.25, 0.3) is 0 Å². The van der Waals surface area contributed by atoms with Gasteiger partial charge >= 0.3 is 0 Å². The molecule has 1 saturated heterocycles. The van der Waals surface area contributed by atoms with Crippen molar-refractivity contribution in [3.63, 3.8) is 0 Å². The molecule has 2 unspecified atom stereocenters. The van der Waals surface area contributed by atoms with Crippen molar-refractivity contribution in [2.24, 2.45) is 0 Å². The maximum Gasteiger partial charge on any atom is 0.0615 e. The molecule has 2 aliphatic rings. The topological polar surface area (TPSA) is 41.5 Å². The first-order valence-electron chi connectivity index (χ1n) is 7.28. The number of nitrogens with one attached hydrogen (secondary N) is 1. The molecule has 3 nitrogen and oxygen atoms in total. The Kier molecular flexibility index (Phi) is 4.83. The van der Waals surface area contributed by atoms with Gasteiger partial charge in [-0.2, -0.15) is 0 Å². The Morgan fingerprint density at radius 1 is 1.35 bits per heavy atom. The Bertz CT molecular complexity index is 226. The molecule has 0 spiro atoms. The van der Waals surface area contributed by atoms with Crippen LogP contribution >= 0.6 is 0 Å². The minimum atomic E-state index is -0.0624. The number of aliphatic hydroxyl groups is 1. The molecule has 100 valence electrons. The summed E-state index contributed by atoms with van der Waals surface area (Å²) in [5.74, 6) is 0. The van der Waals surface area contributed by atoms with E-state index in [1.165, 1.54) is 25.7 Å². The average Bonchev–Trinajstić information content (AvgIpc) is 2.82. The van der Waals surface area contributed by atoms with Crippen molar-refractivity contribution in [2.75, 3.05) is 13.2 Å². The van der Waals surface area contributed by atoms with Crippen molar-refractivity contribution in [3.8, 4) is 0 Å². The van der Waals surface area contributed by atoms with Crippen LogP contribution in [-0.4, -0.2) is 36.0 Å². The van der Waals surface area contributed by atoms with Gasteiger partial charge in [0.2, 0.25) is 0 Å². The number of aliphatic hydroxyl groups excluding tert-OH is 1. The van der Waals surface area contributed by atoms with Gasteiger partial charge in [0.15, 0.2) is 0 Å². The van der Waals surface area contributed by atoms with E-state index in [0.717, 1.165) is 32.3 Å². The fraction of sp³-hybridized carbons (Fsp3) is 1.00. The van der Waals surface area contributed by atoms with Gasteiger partial charge in [-0.15, -0.1) is 0 Å². The van der Waals surface area contributed by atoms with Crippen LogP contribution in [0.2, 0.25) is 0 Å². The van der Waals surface area contributed by atoms with E-state index < -0.39 is 0 Å². The van der Waals surface area contributed by atoms with Gasteiger partial charge in [0.05, 0.1) is 12.7 Å². The average molecular weight is 241 g/mol. The molecule has 0 amide bonds. The lowest BCUT2D eigenvalue weighted by atomic mass is 9.85. The predicted molar refractivity (Wildman–Crippen MR) is 69.1 cm³/mol. The zero-order chi connectivity index (χ0) is 12.1. The van der Waals surface area contributed by atoms with Crippen molar-refractivity contribution >= 4 is 0 Å². The van der Waals surface area contributed by atoms with Crippen molar-refractivity contribution < 1.29 is 9.84 Å². The summed E-state index contributed by atoms with van der Waals surface area (Å²) in [6.07, 6.45) is 9.80. The Labute approximate surface area is 105 Å². The summed E-state index contributed by atoms with van der Waals surface area (Å²) < 4.78 is 5.79. The van der Waals surface area contributed by atoms with Crippen LogP contribution in [0.4, 0.5) is 0 Å². The highest BCUT2D eigenvalue weighted by Crippen LogP contribution is 2.30. The number of hydrogen-bond acceptors (Lipinski definition) is 3. The second-order valence-electron chi connectivity index (χ2n) is 5.80. The second-order valence-corrected chi connectivity index (χ2v) is 5.80. The van der Waals surface area contributed by atoms with Crippen molar-refractivity contribution in [1.82, 2.24) is 5.32 Å². The highest BCUT2D eigenvalue weighted by Gasteiger charge is 2.38. The van der Waals surface area contributed by atoms with Crippen LogP contribution in [0.1, 0.15) is 58.3 Å². The van der Waals surface area contributed by atoms with Gasteiger partial charge in [-0.3, -0.25) is 0 Å². The molecule has 0 bridgehead atoms. The highest BCUT2D eigenvalue weighted by molar-refractivity contribution is 4.96. The lowest BCUT2D eigenvalue weighted by Gasteiger charge is -2.42. The third kappa shape index (κ3) is 3.43. The summed E-state index contributed by atoms with van der Waals surface area (Å²) >= 11 is 0. The lowest BCUT2D eigenvalue weighted by molar-refractivity contribution is -0.0513. The SMILES string of the molecule is CCCC1CC(CO)(NC2CCCC2)CCO1. The summed E-state index contributed by atoms with van der Waals surface area (Å²) in [5.41, 5.74) is -0.0624. The zero-order valence-corrected chi connectivity index (χ0v) is 11.1. The molecule has 0 aromatic heterocycles. The minimum absolute atomic E-state index is 0.0624. The van der Waals surface area contributed by atoms with Crippen LogP contribution in [0.15, 0.2) is 0 Å². The maximum atomic E-state index is 9.77. The minimum Gasteiger partial charge on any atom is -0.394 e. The van der Waals surface area contributed by atoms with Crippen LogP contribution in [0.5, 0.6) is 0 Å². The Morgan fingerprint density at radius 3 is 2.76 bits per heavy atom. The van der Waals surface area contributed by atoms with Crippen LogP contribution in [0.3, 0.4) is 0 Å². The van der Waals surface area contributed by atoms with E-state index in [0.29, 0.717) is 12.1 Å². The first-order valence-corrected chi connectivity index (χ1v) is 7.28. The highest BCUT2D eigenvalue weighted by atomic mass is 16.5. The molecule has 1 aliphatic carbocycles. The van der Waals surface area contributed by atoms with Crippen LogP contribution < -0.4 is 5.32 Å². The van der Waals surface area contributed by atoms with Crippen molar-refractivity contribution in [1.29, 1.82) is 0 Å². The van der Waals surface area contributed by atoms with E-state index in [9.17, 15) is 5.11 Å². The fourth-order valence-electron chi connectivity index (χ4n) is 3.35. The molecule has 0 aromatic carbocycles. The third-order valence-electron chi connectivity index (χ3n) is 4.33. The Hall–Kier alpha value is -0.120. The number of ether oxygens (including phenoxy) is 1. The fourth-order valence-corrected chi connectivity index (χ4v) is 3.35. The third-order valence-corrected chi connectivity index (χ3v) is 4.33. The van der Waals surface area contributed by atoms with Gasteiger partial charge < -0.3 is 15.2 Å². The normalized spacial score (nSPS) is 35.3. The Morgan fingerprint density at radius 2 is 2.12 bits per heavy atom. The predicted octanol–water partition coefficient (Wildman–Crippen LogP) is 2.23. The first kappa shape index (κ1) is 13.3. The van der Waals surface area contributed by atoms with Gasteiger partial charge in [0, 0.05) is 18.2 Å². The Balaban J connectivity index is 1.92. The second kappa shape index (κ2) is 6.17. The molecule has 2 rings (SSSR count). The standard InChI is InChI=1S/C14H27NO2/c1-2-5-13-10-14(11-16,8-9-17-13)15-12-6-3-4-7-12/h12-13,15-16H,2-11H2,1H3. The summed E-state index contributed by atoms with van der Waals surface area (Å²) in [6.45, 7) is 3.25. The summed E-state index contributed by atoms with van der Waals surface area (Å²) in [6, 6.07) is 0.627. The molecule has 2 fully saturated rings. The molecule has 17 heavy (non-hydrogen) atoms. The zero-order valence-electron chi connectivity index (χ0n) is 11.1. The van der Waals surface area contributed by atoms with Crippen molar-refractivity contribution in [3.05, 3.63) is 0 Å². The van der Waals surface area contributed by atoms with Crippen molar-refractivity contribution in [2.45, 2.75) is 76.0 Å². The molecular formula is C14H27NO2. The molecule has 0 radical (unpaired) electrons. The van der Waals surface area contributed by atoms with Crippen LogP contribution in [0.25, 0.3) is 0 Å². The van der Waals surface area contributed by atoms with Gasteiger partial charge in [0.1, 0.15) is 0 Å². The smallest absolute Gasteiger partial charge is 0.0615 e. The first-order chi connectivity index (χ1) is 8.28. The number of hydrogen-bond donors (Lipinski definition) is 2. The molecule has 1 heterocycles. The summed E-state index contributed by atoms with van der Waals surface area (Å²) in [5, 5.41) is 13.5. The van der Waals surface area contributed by atoms with E-state index in [1.807, 2.05) is 0 Å². The molecule has 1 saturated carbocycles. The summed E-state index contributed by atoms with van der Waals surface area (Å²) in [4.78, 5) is 0. The van der Waals surface area contributed by atoms with Gasteiger partial charge in [-0.1, -0.05) is 26.2 Å². The van der Waals surface area contributed by atoms with Crippen LogP contribution in [-0.2, 0) is 4.74 Å². The largest absolute Gasteiger partial charge is 0.394 e. The van der Waals surface area contributed by atoms with E-state index in [1.54, 1.807) is 0 Å². The summed E-state index contributed by atoms with van der Waals surface area (Å²) in [7, 11) is 0. The molecule has 2 N–H and O–H groups in total. The number of rotatable bonds is 5. The van der Waals surface area contributed by atoms with Crippen LogP contribution in [0, 0.1) is 0 Å². The molecular weight excluding hydrogens is 214 g/mol.